The number of aromatic nitrogens is 3. The van der Waals surface area contributed by atoms with E-state index in [-0.39, 0.29) is 11.7 Å². The van der Waals surface area contributed by atoms with Crippen LogP contribution in [0, 0.1) is 6.92 Å². The molecule has 2 rings (SSSR count). The quantitative estimate of drug-likeness (QED) is 0.849. The molecule has 0 aliphatic rings. The number of hydrogen-bond donors (Lipinski definition) is 2. The Bertz CT molecular complexity index is 551. The van der Waals surface area contributed by atoms with Crippen LogP contribution in [0.15, 0.2) is 24.5 Å². The molecular weight excluding hydrogens is 232 g/mol. The number of aromatic amines is 1. The summed E-state index contributed by atoms with van der Waals surface area (Å²) >= 11 is 0. The lowest BCUT2D eigenvalue weighted by molar-refractivity contribution is 0.0781. The van der Waals surface area contributed by atoms with Crippen LogP contribution in [-0.2, 0) is 6.54 Å². The molecule has 1 heterocycles. The number of benzene rings is 1. The van der Waals surface area contributed by atoms with E-state index in [9.17, 15) is 9.90 Å². The number of phenolic OH excluding ortho intramolecular Hbond substituents is 1. The fourth-order valence-electron chi connectivity index (χ4n) is 1.70. The third kappa shape index (κ3) is 2.48. The number of carbonyl (C=O) groups is 1. The van der Waals surface area contributed by atoms with Gasteiger partial charge in [-0.3, -0.25) is 9.89 Å². The van der Waals surface area contributed by atoms with E-state index in [1.54, 1.807) is 31.0 Å². The van der Waals surface area contributed by atoms with Crippen molar-refractivity contribution in [2.24, 2.45) is 0 Å². The van der Waals surface area contributed by atoms with Gasteiger partial charge in [-0.1, -0.05) is 0 Å². The van der Waals surface area contributed by atoms with Crippen molar-refractivity contribution in [1.29, 1.82) is 0 Å². The van der Waals surface area contributed by atoms with Gasteiger partial charge >= 0.3 is 0 Å². The molecule has 0 saturated heterocycles. The van der Waals surface area contributed by atoms with Gasteiger partial charge in [-0.15, -0.1) is 0 Å². The Morgan fingerprint density at radius 2 is 2.28 bits per heavy atom. The van der Waals surface area contributed by atoms with Gasteiger partial charge in [0.25, 0.3) is 5.91 Å². The van der Waals surface area contributed by atoms with Crippen LogP contribution < -0.4 is 0 Å². The first kappa shape index (κ1) is 12.1. The molecule has 0 unspecified atom stereocenters. The van der Waals surface area contributed by atoms with Gasteiger partial charge in [-0.05, 0) is 30.7 Å². The zero-order valence-corrected chi connectivity index (χ0v) is 10.2. The van der Waals surface area contributed by atoms with Crippen molar-refractivity contribution in [2.75, 3.05) is 7.05 Å². The molecule has 0 spiro atoms. The molecule has 0 radical (unpaired) electrons. The first-order chi connectivity index (χ1) is 8.58. The summed E-state index contributed by atoms with van der Waals surface area (Å²) in [6.07, 6.45) is 1.40. The predicted octanol–water partition coefficient (Wildman–Crippen LogP) is 1.09. The van der Waals surface area contributed by atoms with Gasteiger partial charge in [-0.25, -0.2) is 4.98 Å². The molecular formula is C12H14N4O2. The average Bonchev–Trinajstić information content (AvgIpc) is 2.81. The van der Waals surface area contributed by atoms with Crippen LogP contribution in [0.1, 0.15) is 21.7 Å². The van der Waals surface area contributed by atoms with Crippen molar-refractivity contribution in [3.8, 4) is 5.75 Å². The van der Waals surface area contributed by atoms with Gasteiger partial charge in [0.15, 0.2) is 0 Å². The monoisotopic (exact) mass is 246 g/mol. The van der Waals surface area contributed by atoms with Crippen molar-refractivity contribution in [3.63, 3.8) is 0 Å². The second-order valence-corrected chi connectivity index (χ2v) is 4.09. The standard InChI is InChI=1S/C12H14N4O2/c1-8-5-9(17)3-4-10(8)12(18)16(2)6-11-13-7-14-15-11/h3-5,7,17H,6H2,1-2H3,(H,13,14,15). The maximum absolute atomic E-state index is 12.2. The number of amides is 1. The van der Waals surface area contributed by atoms with Crippen LogP contribution in [0.4, 0.5) is 0 Å². The molecule has 0 aliphatic heterocycles. The molecule has 0 aliphatic carbocycles. The van der Waals surface area contributed by atoms with Gasteiger partial charge in [0.2, 0.25) is 0 Å². The Morgan fingerprint density at radius 3 is 2.89 bits per heavy atom. The van der Waals surface area contributed by atoms with E-state index in [0.29, 0.717) is 17.9 Å². The average molecular weight is 246 g/mol. The molecule has 0 saturated carbocycles. The summed E-state index contributed by atoms with van der Waals surface area (Å²) in [5.74, 6) is 0.660. The fourth-order valence-corrected chi connectivity index (χ4v) is 1.70. The van der Waals surface area contributed by atoms with Crippen molar-refractivity contribution in [1.82, 2.24) is 20.1 Å². The number of nitrogens with zero attached hydrogens (tertiary/aromatic N) is 3. The van der Waals surface area contributed by atoms with Crippen LogP contribution >= 0.6 is 0 Å². The Hall–Kier alpha value is -2.37. The zero-order valence-electron chi connectivity index (χ0n) is 10.2. The largest absolute Gasteiger partial charge is 0.508 e. The molecule has 0 bridgehead atoms. The van der Waals surface area contributed by atoms with Crippen LogP contribution in [0.3, 0.4) is 0 Å². The summed E-state index contributed by atoms with van der Waals surface area (Å²) in [4.78, 5) is 17.7. The highest BCUT2D eigenvalue weighted by Gasteiger charge is 2.15. The third-order valence-corrected chi connectivity index (χ3v) is 2.64. The molecule has 2 N–H and O–H groups in total. The molecule has 1 aromatic carbocycles. The summed E-state index contributed by atoms with van der Waals surface area (Å²) in [6.45, 7) is 2.15. The molecule has 1 amide bonds. The molecule has 18 heavy (non-hydrogen) atoms. The molecule has 6 nitrogen and oxygen atoms in total. The Morgan fingerprint density at radius 1 is 1.50 bits per heavy atom. The zero-order chi connectivity index (χ0) is 13.1. The summed E-state index contributed by atoms with van der Waals surface area (Å²) in [7, 11) is 1.69. The van der Waals surface area contributed by atoms with Crippen molar-refractivity contribution in [2.45, 2.75) is 13.5 Å². The van der Waals surface area contributed by atoms with Crippen LogP contribution in [-0.4, -0.2) is 38.1 Å². The Labute approximate surface area is 104 Å². The lowest BCUT2D eigenvalue weighted by Crippen LogP contribution is -2.27. The number of H-pyrrole nitrogens is 1. The first-order valence-electron chi connectivity index (χ1n) is 5.47. The minimum absolute atomic E-state index is 0.121. The molecule has 1 aromatic heterocycles. The number of carbonyl (C=O) groups excluding carboxylic acids is 1. The van der Waals surface area contributed by atoms with Crippen LogP contribution in [0.2, 0.25) is 0 Å². The van der Waals surface area contributed by atoms with E-state index in [1.807, 2.05) is 0 Å². The predicted molar refractivity (Wildman–Crippen MR) is 65.0 cm³/mol. The normalized spacial score (nSPS) is 10.3. The summed E-state index contributed by atoms with van der Waals surface area (Å²) in [6, 6.07) is 4.68. The topological polar surface area (TPSA) is 82.1 Å². The number of rotatable bonds is 3. The van der Waals surface area contributed by atoms with Crippen LogP contribution in [0.5, 0.6) is 5.75 Å². The molecule has 94 valence electrons. The third-order valence-electron chi connectivity index (χ3n) is 2.64. The van der Waals surface area contributed by atoms with Gasteiger partial charge in [0.1, 0.15) is 17.9 Å². The number of nitrogens with one attached hydrogen (secondary N) is 1. The van der Waals surface area contributed by atoms with Crippen molar-refractivity contribution >= 4 is 5.91 Å². The van der Waals surface area contributed by atoms with E-state index in [1.165, 1.54) is 12.4 Å². The van der Waals surface area contributed by atoms with E-state index in [0.717, 1.165) is 5.56 Å². The molecule has 0 atom stereocenters. The molecule has 6 heteroatoms. The highest BCUT2D eigenvalue weighted by molar-refractivity contribution is 5.95. The minimum Gasteiger partial charge on any atom is -0.508 e. The van der Waals surface area contributed by atoms with E-state index in [2.05, 4.69) is 15.2 Å². The van der Waals surface area contributed by atoms with Gasteiger partial charge in [0.05, 0.1) is 6.54 Å². The summed E-state index contributed by atoms with van der Waals surface area (Å²) in [5.41, 5.74) is 1.30. The maximum Gasteiger partial charge on any atom is 0.254 e. The number of aromatic hydroxyl groups is 1. The highest BCUT2D eigenvalue weighted by Crippen LogP contribution is 2.17. The SMILES string of the molecule is Cc1cc(O)ccc1C(=O)N(C)Cc1ncn[nH]1. The Balaban J connectivity index is 2.15. The van der Waals surface area contributed by atoms with Crippen LogP contribution in [0.25, 0.3) is 0 Å². The number of hydrogen-bond acceptors (Lipinski definition) is 4. The van der Waals surface area contributed by atoms with Crippen molar-refractivity contribution < 1.29 is 9.90 Å². The number of aryl methyl sites for hydroxylation is 1. The fraction of sp³-hybridized carbons (Fsp3) is 0.250. The second-order valence-electron chi connectivity index (χ2n) is 4.09. The Kier molecular flexibility index (Phi) is 3.27. The summed E-state index contributed by atoms with van der Waals surface area (Å²) < 4.78 is 0. The van der Waals surface area contributed by atoms with E-state index >= 15 is 0 Å². The van der Waals surface area contributed by atoms with Gasteiger partial charge in [0, 0.05) is 12.6 Å². The van der Waals surface area contributed by atoms with Gasteiger partial charge in [-0.2, -0.15) is 5.10 Å². The highest BCUT2D eigenvalue weighted by atomic mass is 16.3. The molecule has 0 fully saturated rings. The smallest absolute Gasteiger partial charge is 0.254 e. The second kappa shape index (κ2) is 4.87. The molecule has 2 aromatic rings. The van der Waals surface area contributed by atoms with E-state index < -0.39 is 0 Å². The summed E-state index contributed by atoms with van der Waals surface area (Å²) in [5, 5.41) is 15.7. The first-order valence-corrected chi connectivity index (χ1v) is 5.47. The van der Waals surface area contributed by atoms with E-state index in [4.69, 9.17) is 0 Å². The van der Waals surface area contributed by atoms with Crippen molar-refractivity contribution in [3.05, 3.63) is 41.5 Å². The minimum atomic E-state index is -0.121. The lowest BCUT2D eigenvalue weighted by Gasteiger charge is -2.16. The van der Waals surface area contributed by atoms with Gasteiger partial charge < -0.3 is 10.0 Å². The number of phenols is 1. The maximum atomic E-state index is 12.2. The lowest BCUT2D eigenvalue weighted by atomic mass is 10.1.